The summed E-state index contributed by atoms with van der Waals surface area (Å²) in [6.07, 6.45) is 2.68. The first-order chi connectivity index (χ1) is 9.79. The minimum absolute atomic E-state index is 0.561. The van der Waals surface area contributed by atoms with Crippen LogP contribution in [0, 0.1) is 0 Å². The van der Waals surface area contributed by atoms with Crippen molar-refractivity contribution in [1.82, 2.24) is 4.90 Å². The van der Waals surface area contributed by atoms with E-state index in [-0.39, 0.29) is 0 Å². The molecular weight excluding hydrogens is 248 g/mol. The maximum atomic E-state index is 5.98. The molecule has 0 heterocycles. The number of nitrogens with zero attached hydrogens (tertiary/aromatic N) is 1. The summed E-state index contributed by atoms with van der Waals surface area (Å²) in [5.74, 6) is 0.960. The zero-order valence-corrected chi connectivity index (χ0v) is 12.0. The topological polar surface area (TPSA) is 38.5 Å². The normalized spacial score (nSPS) is 14.9. The van der Waals surface area contributed by atoms with Crippen molar-refractivity contribution < 1.29 is 4.74 Å². The largest absolute Gasteiger partial charge is 0.492 e. The SMILES string of the molecule is CN(CCOc1ccc(CN)c2ccccc12)C1CC1. The molecule has 106 valence electrons. The van der Waals surface area contributed by atoms with Gasteiger partial charge in [0.05, 0.1) is 0 Å². The second-order valence-electron chi connectivity index (χ2n) is 5.53. The summed E-state index contributed by atoms with van der Waals surface area (Å²) in [4.78, 5) is 2.39. The van der Waals surface area contributed by atoms with E-state index in [9.17, 15) is 0 Å². The maximum absolute atomic E-state index is 5.98. The summed E-state index contributed by atoms with van der Waals surface area (Å²) in [7, 11) is 2.18. The molecule has 2 aromatic rings. The third-order valence-electron chi connectivity index (χ3n) is 4.07. The molecule has 3 rings (SSSR count). The van der Waals surface area contributed by atoms with Crippen LogP contribution in [0.1, 0.15) is 18.4 Å². The Morgan fingerprint density at radius 1 is 1.15 bits per heavy atom. The van der Waals surface area contributed by atoms with Gasteiger partial charge in [0.25, 0.3) is 0 Å². The number of likely N-dealkylation sites (N-methyl/N-ethyl adjacent to an activating group) is 1. The number of fused-ring (bicyclic) bond motifs is 1. The van der Waals surface area contributed by atoms with E-state index >= 15 is 0 Å². The van der Waals surface area contributed by atoms with E-state index in [1.165, 1.54) is 23.8 Å². The van der Waals surface area contributed by atoms with E-state index in [2.05, 4.69) is 30.1 Å². The lowest BCUT2D eigenvalue weighted by atomic mass is 10.0. The summed E-state index contributed by atoms with van der Waals surface area (Å²) in [6.45, 7) is 2.28. The third-order valence-corrected chi connectivity index (χ3v) is 4.07. The van der Waals surface area contributed by atoms with Crippen molar-refractivity contribution in [3.05, 3.63) is 42.0 Å². The fourth-order valence-corrected chi connectivity index (χ4v) is 2.64. The first-order valence-electron chi connectivity index (χ1n) is 7.33. The fraction of sp³-hybridized carbons (Fsp3) is 0.412. The van der Waals surface area contributed by atoms with Crippen LogP contribution in [0.4, 0.5) is 0 Å². The molecule has 1 saturated carbocycles. The minimum atomic E-state index is 0.561. The molecule has 0 radical (unpaired) electrons. The van der Waals surface area contributed by atoms with Gasteiger partial charge in [-0.15, -0.1) is 0 Å². The second-order valence-corrected chi connectivity index (χ2v) is 5.53. The molecule has 1 fully saturated rings. The molecule has 2 aromatic carbocycles. The van der Waals surface area contributed by atoms with Crippen LogP contribution < -0.4 is 10.5 Å². The van der Waals surface area contributed by atoms with Gasteiger partial charge in [-0.05, 0) is 36.9 Å². The lowest BCUT2D eigenvalue weighted by molar-refractivity contribution is 0.233. The molecule has 20 heavy (non-hydrogen) atoms. The molecule has 0 bridgehead atoms. The van der Waals surface area contributed by atoms with E-state index in [0.29, 0.717) is 6.54 Å². The molecule has 0 atom stereocenters. The van der Waals surface area contributed by atoms with E-state index in [1.54, 1.807) is 0 Å². The van der Waals surface area contributed by atoms with Gasteiger partial charge in [-0.1, -0.05) is 30.3 Å². The Hall–Kier alpha value is -1.58. The predicted octanol–water partition coefficient (Wildman–Crippen LogP) is 2.77. The van der Waals surface area contributed by atoms with Gasteiger partial charge in [0.2, 0.25) is 0 Å². The highest BCUT2D eigenvalue weighted by Gasteiger charge is 2.25. The molecule has 3 heteroatoms. The third kappa shape index (κ3) is 2.79. The summed E-state index contributed by atoms with van der Waals surface area (Å²) in [6, 6.07) is 13.2. The summed E-state index contributed by atoms with van der Waals surface area (Å²) < 4.78 is 5.98. The molecule has 0 aliphatic heterocycles. The van der Waals surface area contributed by atoms with Gasteiger partial charge < -0.3 is 15.4 Å². The Kier molecular flexibility index (Phi) is 3.90. The lowest BCUT2D eigenvalue weighted by Crippen LogP contribution is -2.26. The molecule has 0 amide bonds. The van der Waals surface area contributed by atoms with E-state index < -0.39 is 0 Å². The smallest absolute Gasteiger partial charge is 0.127 e. The molecule has 0 spiro atoms. The van der Waals surface area contributed by atoms with Crippen LogP contribution in [-0.2, 0) is 6.54 Å². The predicted molar refractivity (Wildman–Crippen MR) is 83.0 cm³/mol. The maximum Gasteiger partial charge on any atom is 0.127 e. The number of hydrogen-bond acceptors (Lipinski definition) is 3. The van der Waals surface area contributed by atoms with E-state index in [0.717, 1.165) is 30.3 Å². The van der Waals surface area contributed by atoms with Gasteiger partial charge in [-0.2, -0.15) is 0 Å². The highest BCUT2D eigenvalue weighted by molar-refractivity contribution is 5.91. The first-order valence-corrected chi connectivity index (χ1v) is 7.33. The Morgan fingerprint density at radius 3 is 2.60 bits per heavy atom. The van der Waals surface area contributed by atoms with Crippen molar-refractivity contribution in [3.8, 4) is 5.75 Å². The molecular formula is C17H22N2O. The highest BCUT2D eigenvalue weighted by Crippen LogP contribution is 2.29. The molecule has 0 unspecified atom stereocenters. The van der Waals surface area contributed by atoms with Gasteiger partial charge in [0, 0.05) is 24.5 Å². The van der Waals surface area contributed by atoms with Crippen molar-refractivity contribution >= 4 is 10.8 Å². The summed E-state index contributed by atoms with van der Waals surface area (Å²) >= 11 is 0. The summed E-state index contributed by atoms with van der Waals surface area (Å²) in [5.41, 5.74) is 6.97. The first kappa shape index (κ1) is 13.4. The fourth-order valence-electron chi connectivity index (χ4n) is 2.64. The van der Waals surface area contributed by atoms with Crippen LogP contribution in [-0.4, -0.2) is 31.1 Å². The zero-order chi connectivity index (χ0) is 13.9. The molecule has 0 aromatic heterocycles. The number of hydrogen-bond donors (Lipinski definition) is 1. The highest BCUT2D eigenvalue weighted by atomic mass is 16.5. The number of nitrogens with two attached hydrogens (primary N) is 1. The van der Waals surface area contributed by atoms with Gasteiger partial charge >= 0.3 is 0 Å². The molecule has 1 aliphatic carbocycles. The van der Waals surface area contributed by atoms with Crippen molar-refractivity contribution in [2.45, 2.75) is 25.4 Å². The van der Waals surface area contributed by atoms with Crippen LogP contribution in [0.5, 0.6) is 5.75 Å². The van der Waals surface area contributed by atoms with Crippen LogP contribution in [0.25, 0.3) is 10.8 Å². The quantitative estimate of drug-likeness (QED) is 0.877. The summed E-state index contributed by atoms with van der Waals surface area (Å²) in [5, 5.41) is 2.35. The van der Waals surface area contributed by atoms with E-state index in [1.807, 2.05) is 18.2 Å². The van der Waals surface area contributed by atoms with Gasteiger partial charge in [-0.25, -0.2) is 0 Å². The Bertz CT molecular complexity index is 593. The Labute approximate surface area is 120 Å². The average Bonchev–Trinajstić information content (AvgIpc) is 3.32. The van der Waals surface area contributed by atoms with Gasteiger partial charge in [0.1, 0.15) is 12.4 Å². The minimum Gasteiger partial charge on any atom is -0.492 e. The van der Waals surface area contributed by atoms with Crippen LogP contribution in [0.2, 0.25) is 0 Å². The monoisotopic (exact) mass is 270 g/mol. The Balaban J connectivity index is 1.74. The van der Waals surface area contributed by atoms with E-state index in [4.69, 9.17) is 10.5 Å². The van der Waals surface area contributed by atoms with Crippen LogP contribution in [0.3, 0.4) is 0 Å². The Morgan fingerprint density at radius 2 is 1.90 bits per heavy atom. The molecule has 1 aliphatic rings. The van der Waals surface area contributed by atoms with Crippen LogP contribution in [0.15, 0.2) is 36.4 Å². The second kappa shape index (κ2) is 5.81. The lowest BCUT2D eigenvalue weighted by Gasteiger charge is -2.17. The van der Waals surface area contributed by atoms with Crippen molar-refractivity contribution in [2.24, 2.45) is 5.73 Å². The van der Waals surface area contributed by atoms with Gasteiger partial charge in [-0.3, -0.25) is 0 Å². The van der Waals surface area contributed by atoms with Crippen molar-refractivity contribution in [3.63, 3.8) is 0 Å². The zero-order valence-electron chi connectivity index (χ0n) is 12.0. The van der Waals surface area contributed by atoms with Crippen molar-refractivity contribution in [1.29, 1.82) is 0 Å². The average molecular weight is 270 g/mol. The molecule has 0 saturated heterocycles. The van der Waals surface area contributed by atoms with Gasteiger partial charge in [0.15, 0.2) is 0 Å². The molecule has 2 N–H and O–H groups in total. The van der Waals surface area contributed by atoms with Crippen LogP contribution >= 0.6 is 0 Å². The standard InChI is InChI=1S/C17H22N2O/c1-19(14-7-8-14)10-11-20-17-9-6-13(12-18)15-4-2-3-5-16(15)17/h2-6,9,14H,7-8,10-12,18H2,1H3. The van der Waals surface area contributed by atoms with Crippen molar-refractivity contribution in [2.75, 3.05) is 20.2 Å². The number of rotatable bonds is 6. The number of benzene rings is 2. The number of ether oxygens (including phenoxy) is 1. The molecule has 3 nitrogen and oxygen atoms in total.